The van der Waals surface area contributed by atoms with E-state index < -0.39 is 0 Å². The third-order valence-electron chi connectivity index (χ3n) is 3.98. The number of rotatable bonds is 3. The molecule has 1 aromatic heterocycles. The molecular weight excluding hydrogens is 238 g/mol. The number of carbonyl (C=O) groups excluding carboxylic acids is 1. The number of hydrogen-bond donors (Lipinski definition) is 2. The van der Waals surface area contributed by atoms with Gasteiger partial charge in [-0.1, -0.05) is 0 Å². The highest BCUT2D eigenvalue weighted by molar-refractivity contribution is 5.95. The van der Waals surface area contributed by atoms with Gasteiger partial charge in [-0.2, -0.15) is 0 Å². The van der Waals surface area contributed by atoms with Crippen LogP contribution in [-0.4, -0.2) is 41.0 Å². The standard InChI is InChI=1S/C15H25N3O/c1-11-13(5-7-16-11)14(19)17-9-12-6-8-18(10-12)15(2,3)4/h5,7,12,16H,6,8-10H2,1-4H3,(H,17,19)/t12-/m1/s1. The van der Waals surface area contributed by atoms with Gasteiger partial charge in [0.15, 0.2) is 0 Å². The van der Waals surface area contributed by atoms with E-state index in [4.69, 9.17) is 0 Å². The number of aromatic nitrogens is 1. The second-order valence-electron chi connectivity index (χ2n) is 6.50. The summed E-state index contributed by atoms with van der Waals surface area (Å²) in [6.45, 7) is 11.6. The van der Waals surface area contributed by atoms with Crippen LogP contribution in [0.2, 0.25) is 0 Å². The minimum absolute atomic E-state index is 0.0351. The smallest absolute Gasteiger partial charge is 0.253 e. The fraction of sp³-hybridized carbons (Fsp3) is 0.667. The number of H-pyrrole nitrogens is 1. The molecule has 106 valence electrons. The molecule has 1 amide bonds. The molecule has 19 heavy (non-hydrogen) atoms. The van der Waals surface area contributed by atoms with Gasteiger partial charge in [-0.25, -0.2) is 0 Å². The number of likely N-dealkylation sites (tertiary alicyclic amines) is 1. The van der Waals surface area contributed by atoms with Crippen molar-refractivity contribution in [2.24, 2.45) is 5.92 Å². The zero-order valence-corrected chi connectivity index (χ0v) is 12.4. The molecule has 0 aromatic carbocycles. The molecule has 1 aromatic rings. The average molecular weight is 263 g/mol. The van der Waals surface area contributed by atoms with Crippen LogP contribution in [0.5, 0.6) is 0 Å². The first-order valence-corrected chi connectivity index (χ1v) is 7.05. The topological polar surface area (TPSA) is 48.1 Å². The van der Waals surface area contributed by atoms with Gasteiger partial charge in [-0.15, -0.1) is 0 Å². The van der Waals surface area contributed by atoms with Crippen LogP contribution in [0.3, 0.4) is 0 Å². The molecule has 1 aliphatic heterocycles. The van der Waals surface area contributed by atoms with Crippen molar-refractivity contribution < 1.29 is 4.79 Å². The summed E-state index contributed by atoms with van der Waals surface area (Å²) in [5.41, 5.74) is 1.92. The first-order valence-electron chi connectivity index (χ1n) is 7.05. The highest BCUT2D eigenvalue weighted by atomic mass is 16.1. The highest BCUT2D eigenvalue weighted by Crippen LogP contribution is 2.23. The Morgan fingerprint density at radius 3 is 2.79 bits per heavy atom. The van der Waals surface area contributed by atoms with E-state index in [0.29, 0.717) is 5.92 Å². The number of amides is 1. The van der Waals surface area contributed by atoms with Gasteiger partial charge in [-0.05, 0) is 52.6 Å². The minimum Gasteiger partial charge on any atom is -0.365 e. The Morgan fingerprint density at radius 1 is 1.53 bits per heavy atom. The second-order valence-corrected chi connectivity index (χ2v) is 6.50. The second kappa shape index (κ2) is 5.37. The highest BCUT2D eigenvalue weighted by Gasteiger charge is 2.30. The van der Waals surface area contributed by atoms with Gasteiger partial charge in [-0.3, -0.25) is 9.69 Å². The van der Waals surface area contributed by atoms with Crippen LogP contribution in [0, 0.1) is 12.8 Å². The van der Waals surface area contributed by atoms with Crippen LogP contribution >= 0.6 is 0 Å². The summed E-state index contributed by atoms with van der Waals surface area (Å²) in [6.07, 6.45) is 2.98. The summed E-state index contributed by atoms with van der Waals surface area (Å²) in [6, 6.07) is 1.83. The maximum Gasteiger partial charge on any atom is 0.253 e. The zero-order chi connectivity index (χ0) is 14.0. The fourth-order valence-electron chi connectivity index (χ4n) is 2.64. The monoisotopic (exact) mass is 263 g/mol. The van der Waals surface area contributed by atoms with Crippen molar-refractivity contribution in [2.45, 2.75) is 39.7 Å². The average Bonchev–Trinajstić information content (AvgIpc) is 2.93. The molecule has 0 aliphatic carbocycles. The van der Waals surface area contributed by atoms with Gasteiger partial charge in [0.25, 0.3) is 5.91 Å². The maximum absolute atomic E-state index is 12.0. The molecule has 2 heterocycles. The Morgan fingerprint density at radius 2 is 2.26 bits per heavy atom. The first kappa shape index (κ1) is 14.1. The third kappa shape index (κ3) is 3.38. The van der Waals surface area contributed by atoms with Crippen LogP contribution in [0.15, 0.2) is 12.3 Å². The summed E-state index contributed by atoms with van der Waals surface area (Å²) < 4.78 is 0. The molecule has 0 bridgehead atoms. The Labute approximate surface area is 115 Å². The van der Waals surface area contributed by atoms with Crippen LogP contribution in [0.1, 0.15) is 43.2 Å². The Bertz CT molecular complexity index is 444. The summed E-state index contributed by atoms with van der Waals surface area (Å²) in [5.74, 6) is 0.607. The van der Waals surface area contributed by atoms with Crippen molar-refractivity contribution in [2.75, 3.05) is 19.6 Å². The summed E-state index contributed by atoms with van der Waals surface area (Å²) in [7, 11) is 0. The Kier molecular flexibility index (Phi) is 3.99. The maximum atomic E-state index is 12.0. The van der Waals surface area contributed by atoms with Gasteiger partial charge in [0.05, 0.1) is 5.56 Å². The minimum atomic E-state index is 0.0351. The predicted molar refractivity (Wildman–Crippen MR) is 77.3 cm³/mol. The molecule has 2 N–H and O–H groups in total. The molecule has 2 rings (SSSR count). The van der Waals surface area contributed by atoms with Crippen LogP contribution in [0.4, 0.5) is 0 Å². The summed E-state index contributed by atoms with van der Waals surface area (Å²) >= 11 is 0. The van der Waals surface area contributed by atoms with Crippen molar-refractivity contribution >= 4 is 5.91 Å². The normalized spacial score (nSPS) is 20.7. The van der Waals surface area contributed by atoms with Gasteiger partial charge >= 0.3 is 0 Å². The van der Waals surface area contributed by atoms with Gasteiger partial charge in [0, 0.05) is 30.5 Å². The van der Waals surface area contributed by atoms with Gasteiger partial charge in [0.2, 0.25) is 0 Å². The Hall–Kier alpha value is -1.29. The molecule has 1 saturated heterocycles. The van der Waals surface area contributed by atoms with E-state index in [1.165, 1.54) is 6.42 Å². The van der Waals surface area contributed by atoms with Crippen molar-refractivity contribution in [3.05, 3.63) is 23.5 Å². The van der Waals surface area contributed by atoms with E-state index in [1.807, 2.05) is 13.0 Å². The molecule has 1 aliphatic rings. The van der Waals surface area contributed by atoms with Gasteiger partial charge < -0.3 is 10.3 Å². The van der Waals surface area contributed by atoms with Crippen molar-refractivity contribution in [3.63, 3.8) is 0 Å². The van der Waals surface area contributed by atoms with E-state index in [0.717, 1.165) is 30.9 Å². The van der Waals surface area contributed by atoms with Crippen molar-refractivity contribution in [1.82, 2.24) is 15.2 Å². The van der Waals surface area contributed by atoms with E-state index in [2.05, 4.69) is 36.0 Å². The molecule has 1 atom stereocenters. The lowest BCUT2D eigenvalue weighted by Gasteiger charge is -2.31. The number of nitrogens with zero attached hydrogens (tertiary/aromatic N) is 1. The SMILES string of the molecule is Cc1[nH]ccc1C(=O)NC[C@H]1CCN(C(C)(C)C)C1. The van der Waals surface area contributed by atoms with E-state index in [9.17, 15) is 4.79 Å². The molecule has 0 saturated carbocycles. The molecule has 4 heteroatoms. The number of aryl methyl sites for hydroxylation is 1. The number of hydrogen-bond acceptors (Lipinski definition) is 2. The molecule has 0 unspecified atom stereocenters. The summed E-state index contributed by atoms with van der Waals surface area (Å²) in [4.78, 5) is 17.5. The lowest BCUT2D eigenvalue weighted by atomic mass is 10.1. The molecule has 0 spiro atoms. The fourth-order valence-corrected chi connectivity index (χ4v) is 2.64. The quantitative estimate of drug-likeness (QED) is 0.878. The number of carbonyl (C=O) groups is 1. The zero-order valence-electron chi connectivity index (χ0n) is 12.4. The third-order valence-corrected chi connectivity index (χ3v) is 3.98. The van der Waals surface area contributed by atoms with Crippen LogP contribution < -0.4 is 5.32 Å². The lowest BCUT2D eigenvalue weighted by Crippen LogP contribution is -2.40. The Balaban J connectivity index is 1.81. The lowest BCUT2D eigenvalue weighted by molar-refractivity contribution is 0.0945. The van der Waals surface area contributed by atoms with E-state index >= 15 is 0 Å². The predicted octanol–water partition coefficient (Wildman–Crippen LogP) is 2.17. The van der Waals surface area contributed by atoms with Crippen molar-refractivity contribution in [1.29, 1.82) is 0 Å². The van der Waals surface area contributed by atoms with E-state index in [1.54, 1.807) is 6.20 Å². The molecule has 0 radical (unpaired) electrons. The molecule has 4 nitrogen and oxygen atoms in total. The first-order chi connectivity index (χ1) is 8.88. The molecule has 1 fully saturated rings. The number of nitrogens with one attached hydrogen (secondary N) is 2. The summed E-state index contributed by atoms with van der Waals surface area (Å²) in [5, 5.41) is 3.05. The number of aromatic amines is 1. The van der Waals surface area contributed by atoms with Crippen molar-refractivity contribution in [3.8, 4) is 0 Å². The molecular formula is C15H25N3O. The van der Waals surface area contributed by atoms with E-state index in [-0.39, 0.29) is 11.4 Å². The largest absolute Gasteiger partial charge is 0.365 e. The van der Waals surface area contributed by atoms with Crippen LogP contribution in [0.25, 0.3) is 0 Å². The van der Waals surface area contributed by atoms with Gasteiger partial charge in [0.1, 0.15) is 0 Å². The van der Waals surface area contributed by atoms with Crippen LogP contribution in [-0.2, 0) is 0 Å².